The van der Waals surface area contributed by atoms with Crippen LogP contribution in [0.25, 0.3) is 6.08 Å². The lowest BCUT2D eigenvalue weighted by molar-refractivity contribution is -0.754. The molecule has 0 saturated carbocycles. The summed E-state index contributed by atoms with van der Waals surface area (Å²) in [6, 6.07) is 9.95. The average Bonchev–Trinajstić information content (AvgIpc) is 2.71. The first-order valence-electron chi connectivity index (χ1n) is 8.18. The summed E-state index contributed by atoms with van der Waals surface area (Å²) in [4.78, 5) is 48.6. The van der Waals surface area contributed by atoms with Gasteiger partial charge in [-0.3, -0.25) is 0 Å². The number of hydrogen-bond acceptors (Lipinski definition) is 9. The lowest BCUT2D eigenvalue weighted by Crippen LogP contribution is -2.18. The molecule has 0 aliphatic heterocycles. The van der Waals surface area contributed by atoms with E-state index in [1.807, 2.05) is 0 Å². The first kappa shape index (κ1) is 21.9. The van der Waals surface area contributed by atoms with E-state index in [-0.39, 0.29) is 22.8 Å². The van der Waals surface area contributed by atoms with Crippen LogP contribution in [0.4, 0.5) is 0 Å². The highest BCUT2D eigenvalue weighted by Gasteiger charge is 2.14. The van der Waals surface area contributed by atoms with E-state index in [9.17, 15) is 24.5 Å². The molecule has 0 saturated heterocycles. The Morgan fingerprint density at radius 2 is 1.80 bits per heavy atom. The molecule has 0 unspecified atom stereocenters. The summed E-state index contributed by atoms with van der Waals surface area (Å²) in [6.45, 7) is -0.887. The molecular weight excluding hydrogens is 402 g/mol. The molecule has 0 aliphatic rings. The Morgan fingerprint density at radius 1 is 1.07 bits per heavy atom. The van der Waals surface area contributed by atoms with Crippen LogP contribution in [-0.4, -0.2) is 41.8 Å². The molecule has 0 bridgehead atoms. The van der Waals surface area contributed by atoms with Gasteiger partial charge in [0.15, 0.2) is 18.1 Å². The van der Waals surface area contributed by atoms with Gasteiger partial charge in [-0.15, -0.1) is 10.1 Å². The molecule has 11 nitrogen and oxygen atoms in total. The second-order valence-corrected chi connectivity index (χ2v) is 5.44. The van der Waals surface area contributed by atoms with Crippen molar-refractivity contribution in [2.45, 2.75) is 0 Å². The Morgan fingerprint density at radius 3 is 2.47 bits per heavy atom. The van der Waals surface area contributed by atoms with Crippen molar-refractivity contribution in [3.05, 3.63) is 69.8 Å². The maximum absolute atomic E-state index is 12.0. The molecule has 11 heteroatoms. The molecule has 156 valence electrons. The minimum absolute atomic E-state index is 0.00967. The summed E-state index contributed by atoms with van der Waals surface area (Å²) >= 11 is 0. The Labute approximate surface area is 169 Å². The molecule has 0 atom stereocenters. The molecule has 1 N–H and O–H groups in total. The van der Waals surface area contributed by atoms with Gasteiger partial charge >= 0.3 is 17.9 Å². The lowest BCUT2D eigenvalue weighted by Gasteiger charge is -2.09. The molecule has 0 spiro atoms. The largest absolute Gasteiger partial charge is 0.493 e. The van der Waals surface area contributed by atoms with Gasteiger partial charge in [0, 0.05) is 6.08 Å². The van der Waals surface area contributed by atoms with Gasteiger partial charge in [0.1, 0.15) is 11.3 Å². The smallest absolute Gasteiger partial charge is 0.339 e. The van der Waals surface area contributed by atoms with Gasteiger partial charge in [0.2, 0.25) is 0 Å². The van der Waals surface area contributed by atoms with Gasteiger partial charge in [-0.2, -0.15) is 0 Å². The van der Waals surface area contributed by atoms with Crippen molar-refractivity contribution in [2.24, 2.45) is 0 Å². The highest BCUT2D eigenvalue weighted by atomic mass is 17.0. The van der Waals surface area contributed by atoms with E-state index in [1.165, 1.54) is 55.7 Å². The second-order valence-electron chi connectivity index (χ2n) is 5.44. The number of hydrogen-bond donors (Lipinski definition) is 1. The minimum Gasteiger partial charge on any atom is -0.493 e. The summed E-state index contributed by atoms with van der Waals surface area (Å²) in [5, 5.41) is 18.1. The van der Waals surface area contributed by atoms with E-state index in [0.717, 1.165) is 6.08 Å². The third kappa shape index (κ3) is 6.34. The average molecular weight is 417 g/mol. The quantitative estimate of drug-likeness (QED) is 0.211. The first-order chi connectivity index (χ1) is 14.3. The monoisotopic (exact) mass is 417 g/mol. The number of nitrogens with zero attached hydrogens (tertiary/aromatic N) is 1. The van der Waals surface area contributed by atoms with Gasteiger partial charge in [0.25, 0.3) is 5.09 Å². The molecule has 0 aliphatic carbocycles. The number of ether oxygens (including phenoxy) is 3. The van der Waals surface area contributed by atoms with Crippen molar-refractivity contribution >= 4 is 24.0 Å². The van der Waals surface area contributed by atoms with Crippen molar-refractivity contribution in [3.63, 3.8) is 0 Å². The molecular formula is C19H15NO10. The van der Waals surface area contributed by atoms with E-state index in [4.69, 9.17) is 19.3 Å². The van der Waals surface area contributed by atoms with Crippen LogP contribution in [0.5, 0.6) is 17.2 Å². The number of para-hydroxylation sites is 1. The first-order valence-corrected chi connectivity index (χ1v) is 8.18. The molecule has 0 heterocycles. The zero-order chi connectivity index (χ0) is 22.1. The number of esters is 2. The van der Waals surface area contributed by atoms with Crippen molar-refractivity contribution in [2.75, 3.05) is 13.7 Å². The van der Waals surface area contributed by atoms with Crippen molar-refractivity contribution in [3.8, 4) is 17.2 Å². The van der Waals surface area contributed by atoms with E-state index < -0.39 is 29.6 Å². The molecule has 0 fully saturated rings. The second kappa shape index (κ2) is 10.2. The van der Waals surface area contributed by atoms with Crippen LogP contribution in [0.2, 0.25) is 0 Å². The number of carboxylic acids is 1. The Bertz CT molecular complexity index is 999. The Kier molecular flexibility index (Phi) is 7.46. The molecule has 0 aromatic heterocycles. The fraction of sp³-hybridized carbons (Fsp3) is 0.105. The predicted molar refractivity (Wildman–Crippen MR) is 99.6 cm³/mol. The summed E-state index contributed by atoms with van der Waals surface area (Å²) < 4.78 is 15.0. The molecule has 30 heavy (non-hydrogen) atoms. The van der Waals surface area contributed by atoms with Crippen LogP contribution in [0.3, 0.4) is 0 Å². The molecule has 2 rings (SSSR count). The summed E-state index contributed by atoms with van der Waals surface area (Å²) in [5.41, 5.74) is 0.310. The molecule has 2 aromatic carbocycles. The fourth-order valence-electron chi connectivity index (χ4n) is 2.17. The number of rotatable bonds is 9. The number of benzene rings is 2. The van der Waals surface area contributed by atoms with Gasteiger partial charge < -0.3 is 24.2 Å². The zero-order valence-corrected chi connectivity index (χ0v) is 15.5. The van der Waals surface area contributed by atoms with E-state index >= 15 is 0 Å². The van der Waals surface area contributed by atoms with Crippen LogP contribution in [0, 0.1) is 10.1 Å². The van der Waals surface area contributed by atoms with Gasteiger partial charge in [-0.25, -0.2) is 14.4 Å². The zero-order valence-electron chi connectivity index (χ0n) is 15.5. The van der Waals surface area contributed by atoms with Crippen LogP contribution in [0.15, 0.2) is 48.5 Å². The third-order valence-corrected chi connectivity index (χ3v) is 3.44. The maximum atomic E-state index is 12.0. The topological polar surface area (TPSA) is 152 Å². The van der Waals surface area contributed by atoms with Crippen molar-refractivity contribution < 1.29 is 43.6 Å². The van der Waals surface area contributed by atoms with Crippen molar-refractivity contribution in [1.29, 1.82) is 0 Å². The van der Waals surface area contributed by atoms with E-state index in [1.54, 1.807) is 0 Å². The lowest BCUT2D eigenvalue weighted by atomic mass is 10.2. The summed E-state index contributed by atoms with van der Waals surface area (Å²) in [6.07, 6.45) is 2.44. The van der Waals surface area contributed by atoms with Crippen molar-refractivity contribution in [1.82, 2.24) is 0 Å². The SMILES string of the molecule is COc1cc(C=CC(=O)Oc2ccccc2C(=O)O)ccc1OC(=O)CO[N+](=O)[O-]. The Hall–Kier alpha value is -4.41. The molecule has 0 radical (unpaired) electrons. The number of carbonyl (C=O) groups is 3. The fourth-order valence-corrected chi connectivity index (χ4v) is 2.17. The summed E-state index contributed by atoms with van der Waals surface area (Å²) in [7, 11) is 1.31. The number of carbonyl (C=O) groups excluding carboxylic acids is 2. The standard InChI is InChI=1S/C19H15NO10/c1-27-16-10-12(6-8-15(16)30-18(22)11-28-20(25)26)7-9-17(21)29-14-5-3-2-4-13(14)19(23)24/h2-10H,11H2,1H3,(H,23,24). The van der Waals surface area contributed by atoms with Crippen LogP contribution < -0.4 is 14.2 Å². The van der Waals surface area contributed by atoms with Crippen LogP contribution in [0.1, 0.15) is 15.9 Å². The predicted octanol–water partition coefficient (Wildman–Crippen LogP) is 2.13. The van der Waals surface area contributed by atoms with Crippen LogP contribution in [-0.2, 0) is 14.4 Å². The molecule has 2 aromatic rings. The normalized spacial score (nSPS) is 10.3. The highest BCUT2D eigenvalue weighted by molar-refractivity contribution is 5.94. The maximum Gasteiger partial charge on any atom is 0.339 e. The van der Waals surface area contributed by atoms with Gasteiger partial charge in [-0.1, -0.05) is 18.2 Å². The molecule has 0 amide bonds. The van der Waals surface area contributed by atoms with E-state index in [2.05, 4.69) is 4.84 Å². The van der Waals surface area contributed by atoms with Crippen LogP contribution >= 0.6 is 0 Å². The third-order valence-electron chi connectivity index (χ3n) is 3.44. The highest BCUT2D eigenvalue weighted by Crippen LogP contribution is 2.28. The summed E-state index contributed by atoms with van der Waals surface area (Å²) in [5.74, 6) is -3.04. The Balaban J connectivity index is 2.07. The minimum atomic E-state index is -1.24. The van der Waals surface area contributed by atoms with E-state index in [0.29, 0.717) is 5.56 Å². The van der Waals surface area contributed by atoms with Gasteiger partial charge in [0.05, 0.1) is 7.11 Å². The number of carboxylic acid groups (broad SMARTS) is 1. The number of aromatic carboxylic acids is 1. The number of methoxy groups -OCH3 is 1. The van der Waals surface area contributed by atoms with Gasteiger partial charge in [-0.05, 0) is 35.9 Å².